The summed E-state index contributed by atoms with van der Waals surface area (Å²) in [6, 6.07) is 5.53. The van der Waals surface area contributed by atoms with Crippen molar-refractivity contribution in [2.45, 2.75) is 31.1 Å². The van der Waals surface area contributed by atoms with Crippen molar-refractivity contribution in [3.8, 4) is 0 Å². The van der Waals surface area contributed by atoms with Gasteiger partial charge < -0.3 is 5.32 Å². The third kappa shape index (κ3) is 1.92. The minimum atomic E-state index is -3.34. The van der Waals surface area contributed by atoms with Gasteiger partial charge in [-0.3, -0.25) is 0 Å². The lowest BCUT2D eigenvalue weighted by Gasteiger charge is -2.24. The molecule has 0 saturated heterocycles. The molecule has 0 bridgehead atoms. The van der Waals surface area contributed by atoms with Crippen molar-refractivity contribution in [3.05, 3.63) is 23.8 Å². The smallest absolute Gasteiger partial charge is 0.244 e. The Morgan fingerprint density at radius 2 is 1.94 bits per heavy atom. The van der Waals surface area contributed by atoms with Crippen LogP contribution in [0.2, 0.25) is 0 Å². The van der Waals surface area contributed by atoms with Gasteiger partial charge in [-0.1, -0.05) is 26.8 Å². The molecule has 88 valence electrons. The van der Waals surface area contributed by atoms with Crippen LogP contribution in [0.1, 0.15) is 26.3 Å². The highest BCUT2D eigenvalue weighted by Gasteiger charge is 2.25. The minimum Gasteiger partial charge on any atom is -0.370 e. The van der Waals surface area contributed by atoms with Gasteiger partial charge >= 0.3 is 0 Å². The van der Waals surface area contributed by atoms with Gasteiger partial charge in [-0.2, -0.15) is 4.72 Å². The molecule has 5 heteroatoms. The molecule has 0 radical (unpaired) electrons. The number of nitrogens with one attached hydrogen (secondary N) is 2. The fraction of sp³-hybridized carbons (Fsp3) is 0.455. The number of hydrogen-bond acceptors (Lipinski definition) is 3. The second-order valence-corrected chi connectivity index (χ2v) is 6.70. The quantitative estimate of drug-likeness (QED) is 0.725. The summed E-state index contributed by atoms with van der Waals surface area (Å²) in [6.45, 7) is 6.44. The van der Waals surface area contributed by atoms with Crippen LogP contribution in [0.15, 0.2) is 23.1 Å². The van der Waals surface area contributed by atoms with Crippen LogP contribution < -0.4 is 10.0 Å². The fourth-order valence-electron chi connectivity index (χ4n) is 1.66. The van der Waals surface area contributed by atoms with E-state index < -0.39 is 10.0 Å². The lowest BCUT2D eigenvalue weighted by molar-refractivity contribution is 0.575. The zero-order valence-corrected chi connectivity index (χ0v) is 10.5. The van der Waals surface area contributed by atoms with E-state index in [-0.39, 0.29) is 12.1 Å². The number of sulfonamides is 1. The first kappa shape index (κ1) is 11.4. The molecule has 16 heavy (non-hydrogen) atoms. The molecular weight excluding hydrogens is 224 g/mol. The van der Waals surface area contributed by atoms with Crippen LogP contribution in [-0.2, 0) is 15.4 Å². The summed E-state index contributed by atoms with van der Waals surface area (Å²) >= 11 is 0. The molecule has 4 nitrogen and oxygen atoms in total. The van der Waals surface area contributed by atoms with E-state index in [1.54, 1.807) is 6.07 Å². The Morgan fingerprint density at radius 1 is 1.25 bits per heavy atom. The summed E-state index contributed by atoms with van der Waals surface area (Å²) in [6.07, 6.45) is 0. The van der Waals surface area contributed by atoms with Crippen LogP contribution in [0.5, 0.6) is 0 Å². The highest BCUT2D eigenvalue weighted by Crippen LogP contribution is 2.30. The van der Waals surface area contributed by atoms with Crippen molar-refractivity contribution in [1.82, 2.24) is 4.72 Å². The lowest BCUT2D eigenvalue weighted by Crippen LogP contribution is -2.34. The molecule has 0 atom stereocenters. The van der Waals surface area contributed by atoms with Crippen molar-refractivity contribution in [1.29, 1.82) is 0 Å². The number of benzene rings is 1. The van der Waals surface area contributed by atoms with Crippen LogP contribution in [0.4, 0.5) is 5.69 Å². The van der Waals surface area contributed by atoms with E-state index in [2.05, 4.69) is 30.8 Å². The summed E-state index contributed by atoms with van der Waals surface area (Å²) in [4.78, 5) is 0.339. The van der Waals surface area contributed by atoms with Crippen LogP contribution >= 0.6 is 0 Å². The monoisotopic (exact) mass is 240 g/mol. The molecule has 0 aromatic heterocycles. The van der Waals surface area contributed by atoms with Crippen LogP contribution in [0, 0.1) is 0 Å². The maximum Gasteiger partial charge on any atom is 0.244 e. The molecule has 1 aromatic rings. The van der Waals surface area contributed by atoms with Crippen LogP contribution in [0.3, 0.4) is 0 Å². The number of rotatable bonds is 0. The molecule has 2 N–H and O–H groups in total. The summed E-state index contributed by atoms with van der Waals surface area (Å²) in [7, 11) is -3.34. The molecule has 0 unspecified atom stereocenters. The molecule has 0 fully saturated rings. The molecular formula is C11H16N2O2S. The molecule has 1 aliphatic heterocycles. The van der Waals surface area contributed by atoms with Gasteiger partial charge in [0, 0.05) is 0 Å². The van der Waals surface area contributed by atoms with Crippen molar-refractivity contribution >= 4 is 15.7 Å². The second-order valence-electron chi connectivity index (χ2n) is 4.96. The van der Waals surface area contributed by atoms with Crippen LogP contribution in [0.25, 0.3) is 0 Å². The van der Waals surface area contributed by atoms with E-state index in [0.29, 0.717) is 10.6 Å². The molecule has 0 aliphatic carbocycles. The molecule has 2 rings (SSSR count). The Hall–Kier alpha value is -1.07. The number of hydrogen-bond donors (Lipinski definition) is 2. The number of fused-ring (bicyclic) bond motifs is 1. The van der Waals surface area contributed by atoms with E-state index in [1.807, 2.05) is 12.1 Å². The standard InChI is InChI=1S/C11H16N2O2S/c1-11(2,3)8-4-5-9-10(6-8)16(14,15)13-7-12-9/h4-6,12-13H,7H2,1-3H3. The van der Waals surface area contributed by atoms with E-state index in [1.165, 1.54) is 0 Å². The maximum absolute atomic E-state index is 11.8. The van der Waals surface area contributed by atoms with Gasteiger partial charge in [-0.25, -0.2) is 8.42 Å². The van der Waals surface area contributed by atoms with Gasteiger partial charge in [0.1, 0.15) is 4.90 Å². The lowest BCUT2D eigenvalue weighted by atomic mass is 9.87. The van der Waals surface area contributed by atoms with Gasteiger partial charge in [0.2, 0.25) is 10.0 Å². The fourth-order valence-corrected chi connectivity index (χ4v) is 2.79. The van der Waals surface area contributed by atoms with Crippen molar-refractivity contribution < 1.29 is 8.42 Å². The molecule has 1 heterocycles. The number of anilines is 1. The normalized spacial score (nSPS) is 18.7. The zero-order chi connectivity index (χ0) is 12.0. The molecule has 0 spiro atoms. The van der Waals surface area contributed by atoms with Gasteiger partial charge in [-0.15, -0.1) is 0 Å². The van der Waals surface area contributed by atoms with Gasteiger partial charge in [0.15, 0.2) is 0 Å². The molecule has 0 saturated carbocycles. The summed E-state index contributed by atoms with van der Waals surface area (Å²) in [5.74, 6) is 0. The van der Waals surface area contributed by atoms with E-state index in [9.17, 15) is 8.42 Å². The minimum absolute atomic E-state index is 0.0536. The maximum atomic E-state index is 11.8. The molecule has 0 amide bonds. The van der Waals surface area contributed by atoms with E-state index >= 15 is 0 Å². The Kier molecular flexibility index (Phi) is 2.47. The topological polar surface area (TPSA) is 58.2 Å². The summed E-state index contributed by atoms with van der Waals surface area (Å²) in [5, 5.41) is 3.01. The average molecular weight is 240 g/mol. The molecule has 1 aromatic carbocycles. The van der Waals surface area contributed by atoms with Gasteiger partial charge in [0.25, 0.3) is 0 Å². The Bertz CT molecular complexity index is 515. The average Bonchev–Trinajstić information content (AvgIpc) is 2.15. The Balaban J connectivity index is 2.61. The third-order valence-corrected chi connectivity index (χ3v) is 4.12. The zero-order valence-electron chi connectivity index (χ0n) is 9.66. The Morgan fingerprint density at radius 3 is 2.56 bits per heavy atom. The van der Waals surface area contributed by atoms with E-state index in [0.717, 1.165) is 5.56 Å². The van der Waals surface area contributed by atoms with E-state index in [4.69, 9.17) is 0 Å². The highest BCUT2D eigenvalue weighted by molar-refractivity contribution is 7.89. The first-order chi connectivity index (χ1) is 7.31. The predicted molar refractivity (Wildman–Crippen MR) is 64.0 cm³/mol. The molecule has 1 aliphatic rings. The van der Waals surface area contributed by atoms with Crippen molar-refractivity contribution in [3.63, 3.8) is 0 Å². The van der Waals surface area contributed by atoms with Crippen LogP contribution in [-0.4, -0.2) is 15.1 Å². The third-order valence-electron chi connectivity index (χ3n) is 2.68. The van der Waals surface area contributed by atoms with Gasteiger partial charge in [-0.05, 0) is 23.1 Å². The second kappa shape index (κ2) is 3.46. The first-order valence-corrected chi connectivity index (χ1v) is 6.67. The van der Waals surface area contributed by atoms with Crippen molar-refractivity contribution in [2.75, 3.05) is 12.0 Å². The predicted octanol–water partition coefficient (Wildman–Crippen LogP) is 1.65. The van der Waals surface area contributed by atoms with Crippen molar-refractivity contribution in [2.24, 2.45) is 0 Å². The summed E-state index contributed by atoms with van der Waals surface area (Å²) < 4.78 is 26.1. The Labute approximate surface area is 96.1 Å². The first-order valence-electron chi connectivity index (χ1n) is 5.19. The largest absolute Gasteiger partial charge is 0.370 e. The SMILES string of the molecule is CC(C)(C)c1ccc2c(c1)S(=O)(=O)NCN2. The summed E-state index contributed by atoms with van der Waals surface area (Å²) in [5.41, 5.74) is 1.63. The highest BCUT2D eigenvalue weighted by atomic mass is 32.2. The van der Waals surface area contributed by atoms with Gasteiger partial charge in [0.05, 0.1) is 12.4 Å².